The van der Waals surface area contributed by atoms with E-state index in [1.165, 1.54) is 57.8 Å². The van der Waals surface area contributed by atoms with Crippen molar-refractivity contribution in [2.45, 2.75) is 121 Å². The molecule has 1 saturated heterocycles. The molecule has 0 radical (unpaired) electrons. The van der Waals surface area contributed by atoms with Crippen LogP contribution in [0.25, 0.3) is 10.4 Å². The van der Waals surface area contributed by atoms with Gasteiger partial charge in [-0.15, -0.1) is 0 Å². The zero-order chi connectivity index (χ0) is 32.5. The van der Waals surface area contributed by atoms with Gasteiger partial charge >= 0.3 is 0 Å². The Balaban J connectivity index is 1.46. The lowest BCUT2D eigenvalue weighted by atomic mass is 9.80. The van der Waals surface area contributed by atoms with Crippen molar-refractivity contribution in [3.05, 3.63) is 130 Å². The van der Waals surface area contributed by atoms with Crippen molar-refractivity contribution in [3.8, 4) is 0 Å². The summed E-state index contributed by atoms with van der Waals surface area (Å²) < 4.78 is 19.7. The predicted octanol–water partition coefficient (Wildman–Crippen LogP) is 11.1. The van der Waals surface area contributed by atoms with Crippen molar-refractivity contribution in [2.75, 3.05) is 6.61 Å². The van der Waals surface area contributed by atoms with Crippen LogP contribution in [0.4, 0.5) is 0 Å². The molecule has 0 bridgehead atoms. The molecule has 4 rings (SSSR count). The van der Waals surface area contributed by atoms with Crippen molar-refractivity contribution in [2.24, 2.45) is 5.11 Å². The minimum atomic E-state index is -0.928. The summed E-state index contributed by atoms with van der Waals surface area (Å²) in [5.41, 5.74) is 11.7. The first-order valence-corrected chi connectivity index (χ1v) is 17.4. The van der Waals surface area contributed by atoms with Gasteiger partial charge in [0.25, 0.3) is 0 Å². The van der Waals surface area contributed by atoms with Crippen molar-refractivity contribution >= 4 is 0 Å². The van der Waals surface area contributed by atoms with Gasteiger partial charge in [0.15, 0.2) is 5.79 Å². The highest BCUT2D eigenvalue weighted by Gasteiger charge is 2.45. The maximum Gasteiger partial charge on any atom is 0.164 e. The van der Waals surface area contributed by atoms with E-state index in [1.54, 1.807) is 0 Å². The Bertz CT molecular complexity index is 1240. The number of ether oxygens (including phenoxy) is 3. The average Bonchev–Trinajstić information content (AvgIpc) is 3.40. The monoisotopic (exact) mass is 623 g/mol. The van der Waals surface area contributed by atoms with Gasteiger partial charge in [0.1, 0.15) is 17.8 Å². The summed E-state index contributed by atoms with van der Waals surface area (Å²) in [6.07, 6.45) is 17.6. The molecular weight excluding hydrogens is 570 g/mol. The normalized spacial score (nSPS) is 18.4. The van der Waals surface area contributed by atoms with E-state index in [1.807, 2.05) is 68.4 Å². The van der Waals surface area contributed by atoms with Crippen LogP contribution in [-0.2, 0) is 19.8 Å². The van der Waals surface area contributed by atoms with Gasteiger partial charge in [-0.25, -0.2) is 0 Å². The fraction of sp³-hybridized carbons (Fsp3) is 0.500. The first-order chi connectivity index (χ1) is 22.5. The molecule has 1 heterocycles. The molecule has 0 amide bonds. The summed E-state index contributed by atoms with van der Waals surface area (Å²) >= 11 is 0. The van der Waals surface area contributed by atoms with Crippen molar-refractivity contribution in [1.82, 2.24) is 0 Å². The molecule has 0 saturated carbocycles. The molecule has 0 aliphatic carbocycles. The first kappa shape index (κ1) is 35.4. The summed E-state index contributed by atoms with van der Waals surface area (Å²) in [6, 6.07) is 30.0. The highest BCUT2D eigenvalue weighted by Crippen LogP contribution is 2.41. The third-order valence-corrected chi connectivity index (χ3v) is 8.80. The smallest absolute Gasteiger partial charge is 0.164 e. The highest BCUT2D eigenvalue weighted by molar-refractivity contribution is 5.47. The topological polar surface area (TPSA) is 76.5 Å². The Morgan fingerprint density at radius 3 is 1.72 bits per heavy atom. The molecule has 46 heavy (non-hydrogen) atoms. The lowest BCUT2D eigenvalue weighted by molar-refractivity contribution is -0.147. The van der Waals surface area contributed by atoms with Gasteiger partial charge in [-0.1, -0.05) is 173 Å². The predicted molar refractivity (Wildman–Crippen MR) is 188 cm³/mol. The lowest BCUT2D eigenvalue weighted by Gasteiger charge is -2.37. The molecule has 1 fully saturated rings. The Hall–Kier alpha value is -3.41. The number of allylic oxidation sites excluding steroid dienone is 1. The number of azide groups is 1. The van der Waals surface area contributed by atoms with Gasteiger partial charge in [0.05, 0.1) is 12.6 Å². The third kappa shape index (κ3) is 10.0. The quantitative estimate of drug-likeness (QED) is 0.0314. The molecule has 1 aliphatic rings. The molecule has 3 aromatic carbocycles. The molecule has 3 atom stereocenters. The minimum Gasteiger partial charge on any atom is -0.360 e. The van der Waals surface area contributed by atoms with Crippen LogP contribution in [0.3, 0.4) is 0 Å². The Kier molecular flexibility index (Phi) is 14.4. The molecule has 0 unspecified atom stereocenters. The molecule has 1 aliphatic heterocycles. The van der Waals surface area contributed by atoms with Gasteiger partial charge in [0, 0.05) is 4.91 Å². The van der Waals surface area contributed by atoms with Crippen molar-refractivity contribution in [1.29, 1.82) is 0 Å². The zero-order valence-corrected chi connectivity index (χ0v) is 28.1. The summed E-state index contributed by atoms with van der Waals surface area (Å²) in [6.45, 7) is 6.22. The molecular formula is C40H53N3O3. The average molecular weight is 624 g/mol. The minimum absolute atomic E-state index is 0.135. The van der Waals surface area contributed by atoms with E-state index in [0.717, 1.165) is 29.5 Å². The van der Waals surface area contributed by atoms with Gasteiger partial charge in [-0.05, 0) is 48.9 Å². The number of hydrogen-bond acceptors (Lipinski definition) is 4. The third-order valence-electron chi connectivity index (χ3n) is 8.80. The van der Waals surface area contributed by atoms with E-state index >= 15 is 0 Å². The van der Waals surface area contributed by atoms with Crippen LogP contribution in [0.15, 0.2) is 108 Å². The SMILES string of the molecule is CCCCCCCCCCCC/C=C\[C@H]1OC(C)(C)O[C@H]1[C@H](COC(c1ccccc1)(c1ccccc1)c1ccccc1)N=[N+]=[N-]. The molecule has 0 spiro atoms. The Morgan fingerprint density at radius 1 is 0.761 bits per heavy atom. The van der Waals surface area contributed by atoms with E-state index < -0.39 is 23.5 Å². The van der Waals surface area contributed by atoms with Crippen molar-refractivity contribution < 1.29 is 14.2 Å². The molecule has 6 nitrogen and oxygen atoms in total. The Labute approximate surface area is 276 Å². The molecule has 6 heteroatoms. The summed E-state index contributed by atoms with van der Waals surface area (Å²) in [4.78, 5) is 3.23. The van der Waals surface area contributed by atoms with Crippen LogP contribution >= 0.6 is 0 Å². The summed E-state index contributed by atoms with van der Waals surface area (Å²) in [5.74, 6) is -0.810. The van der Waals surface area contributed by atoms with Crippen molar-refractivity contribution in [3.63, 3.8) is 0 Å². The van der Waals surface area contributed by atoms with E-state index in [9.17, 15) is 5.53 Å². The largest absolute Gasteiger partial charge is 0.360 e. The van der Waals surface area contributed by atoms with Crippen LogP contribution in [0.5, 0.6) is 0 Å². The number of hydrogen-bond donors (Lipinski definition) is 0. The van der Waals surface area contributed by atoms with Gasteiger partial charge in [-0.3, -0.25) is 0 Å². The maximum atomic E-state index is 9.67. The number of unbranched alkanes of at least 4 members (excludes halogenated alkanes) is 10. The maximum absolute atomic E-state index is 9.67. The van der Waals surface area contributed by atoms with Gasteiger partial charge in [-0.2, -0.15) is 0 Å². The van der Waals surface area contributed by atoms with Gasteiger partial charge in [0.2, 0.25) is 0 Å². The summed E-state index contributed by atoms with van der Waals surface area (Å²) in [5, 5.41) is 4.23. The van der Waals surface area contributed by atoms with Gasteiger partial charge < -0.3 is 14.2 Å². The molecule has 0 aromatic heterocycles. The van der Waals surface area contributed by atoms with Crippen LogP contribution in [-0.4, -0.2) is 30.6 Å². The molecule has 0 N–H and O–H groups in total. The van der Waals surface area contributed by atoms with Crippen LogP contribution in [0.2, 0.25) is 0 Å². The van der Waals surface area contributed by atoms with Crippen LogP contribution < -0.4 is 0 Å². The highest BCUT2D eigenvalue weighted by atomic mass is 16.8. The second-order valence-electron chi connectivity index (χ2n) is 12.8. The van der Waals surface area contributed by atoms with E-state index in [4.69, 9.17) is 14.2 Å². The zero-order valence-electron chi connectivity index (χ0n) is 28.1. The second kappa shape index (κ2) is 18.7. The summed E-state index contributed by atoms with van der Waals surface area (Å²) in [7, 11) is 0. The Morgan fingerprint density at radius 2 is 1.24 bits per heavy atom. The lowest BCUT2D eigenvalue weighted by Crippen LogP contribution is -2.41. The first-order valence-electron chi connectivity index (χ1n) is 17.4. The fourth-order valence-electron chi connectivity index (χ4n) is 6.48. The fourth-order valence-corrected chi connectivity index (χ4v) is 6.48. The van der Waals surface area contributed by atoms with Crippen LogP contribution in [0, 0.1) is 0 Å². The van der Waals surface area contributed by atoms with E-state index in [0.29, 0.717) is 0 Å². The number of nitrogens with zero attached hydrogens (tertiary/aromatic N) is 3. The molecule has 3 aromatic rings. The van der Waals surface area contributed by atoms with Crippen LogP contribution in [0.1, 0.15) is 108 Å². The van der Waals surface area contributed by atoms with E-state index in [-0.39, 0.29) is 12.7 Å². The second-order valence-corrected chi connectivity index (χ2v) is 12.8. The standard InChI is InChI=1S/C40H53N3O3/c1-4-5-6-7-8-9-10-11-12-13-14-24-31-37-38(46-39(2,3)45-37)36(42-43-41)32-44-40(33-25-18-15-19-26-33,34-27-20-16-21-28-34)35-29-22-17-23-30-35/h15-31,36-38H,4-14,32H2,1-3H3/b31-24-/t36-,37+,38-/m0/s1. The number of benzene rings is 3. The molecule has 246 valence electrons. The number of rotatable bonds is 20. The van der Waals surface area contributed by atoms with E-state index in [2.05, 4.69) is 65.5 Å².